The third kappa shape index (κ3) is 5.58. The van der Waals surface area contributed by atoms with Crippen molar-refractivity contribution in [3.8, 4) is 16.9 Å². The molecule has 34 heavy (non-hydrogen) atoms. The number of esters is 1. The van der Waals surface area contributed by atoms with E-state index in [1.807, 2.05) is 6.07 Å². The van der Waals surface area contributed by atoms with Crippen molar-refractivity contribution in [2.45, 2.75) is 58.1 Å². The second-order valence-electron chi connectivity index (χ2n) is 9.11. The Bertz CT molecular complexity index is 1060. The van der Waals surface area contributed by atoms with E-state index in [0.717, 1.165) is 30.7 Å². The molecule has 0 aliphatic carbocycles. The monoisotopic (exact) mass is 476 g/mol. The molecule has 0 fully saturated rings. The maximum atomic E-state index is 14.3. The smallest absolute Gasteiger partial charge is 0.416 e. The third-order valence-corrected chi connectivity index (χ3v) is 5.49. The van der Waals surface area contributed by atoms with Crippen LogP contribution in [0, 0.1) is 0 Å². The lowest BCUT2D eigenvalue weighted by Crippen LogP contribution is -2.31. The normalized spacial score (nSPS) is 15.3. The van der Waals surface area contributed by atoms with E-state index in [9.17, 15) is 18.0 Å². The van der Waals surface area contributed by atoms with Crippen LogP contribution in [0.15, 0.2) is 24.3 Å². The van der Waals surface area contributed by atoms with E-state index in [-0.39, 0.29) is 16.8 Å². The lowest BCUT2D eigenvalue weighted by atomic mass is 9.81. The van der Waals surface area contributed by atoms with Gasteiger partial charge in [-0.15, -0.1) is 0 Å². The summed E-state index contributed by atoms with van der Waals surface area (Å²) in [6.45, 7) is 5.95. The Morgan fingerprint density at radius 3 is 2.41 bits per heavy atom. The number of hydrogen-bond acceptors (Lipinski definition) is 5. The highest BCUT2D eigenvalue weighted by Crippen LogP contribution is 2.46. The molecule has 0 N–H and O–H groups in total. The van der Waals surface area contributed by atoms with Gasteiger partial charge in [-0.1, -0.05) is 29.7 Å². The van der Waals surface area contributed by atoms with Gasteiger partial charge in [0, 0.05) is 17.7 Å². The highest BCUT2D eigenvalue weighted by molar-refractivity contribution is 6.35. The summed E-state index contributed by atoms with van der Waals surface area (Å²) in [6, 6.07) is 6.07. The summed E-state index contributed by atoms with van der Waals surface area (Å²) in [5.41, 5.74) is -0.268. The Balaban J connectivity index is 2.41. The molecule has 0 bridgehead atoms. The maximum Gasteiger partial charge on any atom is 0.416 e. The van der Waals surface area contributed by atoms with Crippen molar-refractivity contribution in [2.24, 2.45) is 0 Å². The van der Waals surface area contributed by atoms with Crippen molar-refractivity contribution >= 4 is 19.3 Å². The topological polar surface area (TPSA) is 54.0 Å². The molecule has 2 aromatic carbocycles. The molecule has 5 nitrogen and oxygen atoms in total. The van der Waals surface area contributed by atoms with Gasteiger partial charge in [0.25, 0.3) is 0 Å². The molecule has 1 atom stereocenters. The zero-order chi connectivity index (χ0) is 25.3. The van der Waals surface area contributed by atoms with Gasteiger partial charge in [-0.2, -0.15) is 13.2 Å². The van der Waals surface area contributed by atoms with E-state index in [4.69, 9.17) is 26.8 Å². The lowest BCUT2D eigenvalue weighted by Gasteiger charge is -2.31. The minimum absolute atomic E-state index is 0.0271. The van der Waals surface area contributed by atoms with E-state index >= 15 is 0 Å². The first-order valence-electron chi connectivity index (χ1n) is 10.9. The molecule has 1 heterocycles. The second kappa shape index (κ2) is 10.00. The summed E-state index contributed by atoms with van der Waals surface area (Å²) in [4.78, 5) is 12.8. The summed E-state index contributed by atoms with van der Waals surface area (Å²) in [7, 11) is 8.46. The molecule has 2 radical (unpaired) electrons. The van der Waals surface area contributed by atoms with Crippen LogP contribution in [0.5, 0.6) is 5.75 Å². The van der Waals surface area contributed by atoms with Crippen LogP contribution in [-0.2, 0) is 38.2 Å². The fraction of sp³-hybridized carbons (Fsp3) is 0.480. The summed E-state index contributed by atoms with van der Waals surface area (Å²) in [5.74, 6) is -0.934. The number of alkyl halides is 3. The number of benzene rings is 2. The molecule has 3 rings (SSSR count). The van der Waals surface area contributed by atoms with Crippen molar-refractivity contribution in [2.75, 3.05) is 20.8 Å². The van der Waals surface area contributed by atoms with Gasteiger partial charge in [0.05, 0.1) is 32.0 Å². The van der Waals surface area contributed by atoms with Crippen LogP contribution in [0.3, 0.4) is 0 Å². The van der Waals surface area contributed by atoms with Crippen molar-refractivity contribution in [3.05, 3.63) is 46.5 Å². The standard InChI is InChI=1S/C25H28BF3O5/c1-24(2,3)34-22(23(30)32-5)20-17(25(27,28)29)12-18(26)21(31-4)19(20)15-8-9-16-13-33-10-6-7-14(16)11-15/h8-9,11-12,22H,6-7,10,13H2,1-5H3. The van der Waals surface area contributed by atoms with Gasteiger partial charge in [-0.25, -0.2) is 4.79 Å². The minimum atomic E-state index is -4.82. The Labute approximate surface area is 198 Å². The fourth-order valence-corrected chi connectivity index (χ4v) is 4.10. The van der Waals surface area contributed by atoms with E-state index < -0.39 is 35.0 Å². The third-order valence-electron chi connectivity index (χ3n) is 5.49. The van der Waals surface area contributed by atoms with Crippen LogP contribution in [0.2, 0.25) is 0 Å². The number of ether oxygens (including phenoxy) is 4. The molecule has 0 aromatic heterocycles. The number of fused-ring (bicyclic) bond motifs is 1. The summed E-state index contributed by atoms with van der Waals surface area (Å²) in [5, 5.41) is 0. The number of halogens is 3. The Hall–Kier alpha value is -2.52. The molecule has 0 saturated carbocycles. The zero-order valence-electron chi connectivity index (χ0n) is 20.0. The molecule has 0 spiro atoms. The van der Waals surface area contributed by atoms with Gasteiger partial charge < -0.3 is 18.9 Å². The first-order chi connectivity index (χ1) is 15.9. The van der Waals surface area contributed by atoms with Crippen molar-refractivity contribution < 1.29 is 36.9 Å². The van der Waals surface area contributed by atoms with Crippen LogP contribution in [-0.4, -0.2) is 40.2 Å². The average molecular weight is 476 g/mol. The van der Waals surface area contributed by atoms with Crippen LogP contribution in [0.4, 0.5) is 13.2 Å². The molecule has 9 heteroatoms. The maximum absolute atomic E-state index is 14.3. The second-order valence-corrected chi connectivity index (χ2v) is 9.11. The average Bonchev–Trinajstić information content (AvgIpc) is 3.00. The molecular formula is C25H28BF3O5. The van der Waals surface area contributed by atoms with Gasteiger partial charge >= 0.3 is 12.1 Å². The first kappa shape index (κ1) is 26.1. The Kier molecular flexibility index (Phi) is 7.67. The summed E-state index contributed by atoms with van der Waals surface area (Å²) < 4.78 is 64.8. The van der Waals surface area contributed by atoms with Gasteiger partial charge in [-0.3, -0.25) is 0 Å². The number of methoxy groups -OCH3 is 2. The minimum Gasteiger partial charge on any atom is -0.497 e. The number of aryl methyl sites for hydroxylation is 1. The highest BCUT2D eigenvalue weighted by atomic mass is 19.4. The number of carbonyl (C=O) groups excluding carboxylic acids is 1. The van der Waals surface area contributed by atoms with Crippen LogP contribution >= 0.6 is 0 Å². The molecule has 1 aliphatic rings. The van der Waals surface area contributed by atoms with Gasteiger partial charge in [0.15, 0.2) is 6.10 Å². The Morgan fingerprint density at radius 2 is 1.82 bits per heavy atom. The van der Waals surface area contributed by atoms with Crippen molar-refractivity contribution in [3.63, 3.8) is 0 Å². The largest absolute Gasteiger partial charge is 0.497 e. The van der Waals surface area contributed by atoms with Gasteiger partial charge in [0.2, 0.25) is 0 Å². The van der Waals surface area contributed by atoms with Gasteiger partial charge in [0.1, 0.15) is 13.6 Å². The van der Waals surface area contributed by atoms with E-state index in [2.05, 4.69) is 0 Å². The molecule has 182 valence electrons. The quantitative estimate of drug-likeness (QED) is 0.464. The Morgan fingerprint density at radius 1 is 1.12 bits per heavy atom. The molecule has 1 unspecified atom stereocenters. The van der Waals surface area contributed by atoms with E-state index in [1.165, 1.54) is 7.11 Å². The van der Waals surface area contributed by atoms with Crippen LogP contribution in [0.1, 0.15) is 55.5 Å². The van der Waals surface area contributed by atoms with Crippen LogP contribution < -0.4 is 10.2 Å². The SMILES string of the molecule is [B]c1cc(C(F)(F)F)c(C(OC(C)(C)C)C(=O)OC)c(-c2ccc3c(c2)CCCOC3)c1OC. The van der Waals surface area contributed by atoms with Crippen molar-refractivity contribution in [1.82, 2.24) is 0 Å². The number of hydrogen-bond donors (Lipinski definition) is 0. The van der Waals surface area contributed by atoms with Crippen molar-refractivity contribution in [1.29, 1.82) is 0 Å². The fourth-order valence-electron chi connectivity index (χ4n) is 4.10. The molecule has 0 saturated heterocycles. The lowest BCUT2D eigenvalue weighted by molar-refractivity contribution is -0.166. The van der Waals surface area contributed by atoms with Crippen LogP contribution in [0.25, 0.3) is 11.1 Å². The first-order valence-corrected chi connectivity index (χ1v) is 10.9. The number of carbonyl (C=O) groups is 1. The summed E-state index contributed by atoms with van der Waals surface area (Å²) >= 11 is 0. The summed E-state index contributed by atoms with van der Waals surface area (Å²) in [6.07, 6.45) is -5.01. The van der Waals surface area contributed by atoms with E-state index in [0.29, 0.717) is 25.2 Å². The number of rotatable bonds is 5. The molecule has 1 aliphatic heterocycles. The zero-order valence-corrected chi connectivity index (χ0v) is 20.0. The van der Waals surface area contributed by atoms with Gasteiger partial charge in [-0.05, 0) is 50.3 Å². The molecule has 2 aromatic rings. The molecular weight excluding hydrogens is 448 g/mol. The van der Waals surface area contributed by atoms with E-state index in [1.54, 1.807) is 32.9 Å². The highest BCUT2D eigenvalue weighted by Gasteiger charge is 2.42. The predicted octanol–water partition coefficient (Wildman–Crippen LogP) is 4.67. The molecule has 0 amide bonds. The predicted molar refractivity (Wildman–Crippen MR) is 122 cm³/mol.